The maximum absolute atomic E-state index is 12.2. The number of benzene rings is 1. The van der Waals surface area contributed by atoms with Gasteiger partial charge in [0.15, 0.2) is 5.82 Å². The first kappa shape index (κ1) is 19.2. The number of amides is 1. The third kappa shape index (κ3) is 5.00. The second kappa shape index (κ2) is 7.99. The van der Waals surface area contributed by atoms with Crippen LogP contribution in [0.5, 0.6) is 0 Å². The number of sulfonamides is 1. The maximum Gasteiger partial charge on any atom is 0.233 e. The first-order chi connectivity index (χ1) is 12.8. The Labute approximate surface area is 159 Å². The van der Waals surface area contributed by atoms with Crippen molar-refractivity contribution >= 4 is 33.1 Å². The van der Waals surface area contributed by atoms with Crippen molar-refractivity contribution in [2.75, 3.05) is 40.4 Å². The van der Waals surface area contributed by atoms with E-state index in [2.05, 4.69) is 15.4 Å². The lowest BCUT2D eigenvalue weighted by Gasteiger charge is -2.19. The fourth-order valence-corrected chi connectivity index (χ4v) is 3.93. The van der Waals surface area contributed by atoms with Crippen molar-refractivity contribution in [3.63, 3.8) is 0 Å². The summed E-state index contributed by atoms with van der Waals surface area (Å²) in [4.78, 5) is 14.5. The first-order valence-corrected chi connectivity index (χ1v) is 10.7. The molecule has 8 nitrogen and oxygen atoms in total. The Hall–Kier alpha value is -2.55. The van der Waals surface area contributed by atoms with Crippen LogP contribution in [0.3, 0.4) is 0 Å². The summed E-state index contributed by atoms with van der Waals surface area (Å²) in [7, 11) is -3.56. The van der Waals surface area contributed by atoms with Gasteiger partial charge in [0.2, 0.25) is 15.9 Å². The zero-order valence-corrected chi connectivity index (χ0v) is 16.3. The van der Waals surface area contributed by atoms with Gasteiger partial charge in [-0.05, 0) is 44.0 Å². The summed E-state index contributed by atoms with van der Waals surface area (Å²) >= 11 is 0. The van der Waals surface area contributed by atoms with Crippen LogP contribution in [-0.2, 0) is 14.8 Å². The predicted molar refractivity (Wildman–Crippen MR) is 105 cm³/mol. The lowest BCUT2D eigenvalue weighted by Crippen LogP contribution is -2.33. The Kier molecular flexibility index (Phi) is 5.69. The van der Waals surface area contributed by atoms with Gasteiger partial charge >= 0.3 is 0 Å². The number of nitrogens with zero attached hydrogens (tertiary/aromatic N) is 3. The molecule has 1 aliphatic heterocycles. The van der Waals surface area contributed by atoms with Crippen molar-refractivity contribution in [3.8, 4) is 0 Å². The normalized spacial score (nSPS) is 14.4. The van der Waals surface area contributed by atoms with Crippen LogP contribution >= 0.6 is 0 Å². The molecule has 3 rings (SSSR count). The highest BCUT2D eigenvalue weighted by Gasteiger charge is 2.22. The van der Waals surface area contributed by atoms with Crippen LogP contribution in [0.1, 0.15) is 25.0 Å². The van der Waals surface area contributed by atoms with Gasteiger partial charge in [0.05, 0.1) is 6.26 Å². The summed E-state index contributed by atoms with van der Waals surface area (Å²) < 4.78 is 30.0. The fraction of sp³-hybridized carbons (Fsp3) is 0.444. The molecule has 0 bridgehead atoms. The van der Waals surface area contributed by atoms with Gasteiger partial charge < -0.3 is 14.7 Å². The van der Waals surface area contributed by atoms with Crippen LogP contribution in [0.25, 0.3) is 0 Å². The second-order valence-corrected chi connectivity index (χ2v) is 8.58. The van der Waals surface area contributed by atoms with Crippen LogP contribution in [0.2, 0.25) is 0 Å². The Balaban J connectivity index is 1.58. The molecule has 0 radical (unpaired) electrons. The molecular weight excluding hydrogens is 368 g/mol. The average molecular weight is 392 g/mol. The molecule has 2 aromatic rings. The molecule has 27 heavy (non-hydrogen) atoms. The molecule has 146 valence electrons. The van der Waals surface area contributed by atoms with Gasteiger partial charge in [0, 0.05) is 43.5 Å². The molecule has 0 unspecified atom stereocenters. The molecule has 1 aromatic carbocycles. The van der Waals surface area contributed by atoms with E-state index in [0.29, 0.717) is 11.4 Å². The number of aromatic nitrogens is 1. The minimum atomic E-state index is -3.56. The molecule has 1 saturated heterocycles. The van der Waals surface area contributed by atoms with Gasteiger partial charge in [-0.2, -0.15) is 0 Å². The molecular formula is C18H24N4O4S. The van der Waals surface area contributed by atoms with Crippen LogP contribution in [-0.4, -0.2) is 45.4 Å². The molecule has 1 N–H and O–H groups in total. The number of aryl methyl sites for hydroxylation is 1. The standard InChI is InChI=1S/C18H24N4O4S/c1-14-13-17(20-26-14)22(27(2,24)25)12-9-18(23)19-15-5-7-16(8-6-15)21-10-3-4-11-21/h5-8,13H,3-4,9-12H2,1-2H3,(H,19,23). The summed E-state index contributed by atoms with van der Waals surface area (Å²) in [5.41, 5.74) is 1.83. The first-order valence-electron chi connectivity index (χ1n) is 8.89. The van der Waals surface area contributed by atoms with Crippen molar-refractivity contribution < 1.29 is 17.7 Å². The second-order valence-electron chi connectivity index (χ2n) is 6.67. The lowest BCUT2D eigenvalue weighted by atomic mass is 10.2. The SMILES string of the molecule is Cc1cc(N(CCC(=O)Nc2ccc(N3CCCC3)cc2)S(C)(=O)=O)no1. The Morgan fingerprint density at radius 2 is 1.93 bits per heavy atom. The average Bonchev–Trinajstić information content (AvgIpc) is 3.26. The number of hydrogen-bond acceptors (Lipinski definition) is 6. The molecule has 2 heterocycles. The number of carbonyl (C=O) groups excluding carboxylic acids is 1. The summed E-state index contributed by atoms with van der Waals surface area (Å²) in [6.45, 7) is 3.79. The van der Waals surface area contributed by atoms with Gasteiger partial charge in [-0.15, -0.1) is 0 Å². The number of rotatable bonds is 7. The highest BCUT2D eigenvalue weighted by Crippen LogP contribution is 2.22. The van der Waals surface area contributed by atoms with Crippen molar-refractivity contribution in [2.45, 2.75) is 26.2 Å². The van der Waals surface area contributed by atoms with E-state index in [1.807, 2.05) is 24.3 Å². The highest BCUT2D eigenvalue weighted by atomic mass is 32.2. The topological polar surface area (TPSA) is 95.8 Å². The number of carbonyl (C=O) groups is 1. The molecule has 0 spiro atoms. The zero-order chi connectivity index (χ0) is 19.4. The van der Waals surface area contributed by atoms with E-state index in [9.17, 15) is 13.2 Å². The van der Waals surface area contributed by atoms with E-state index in [1.165, 1.54) is 18.9 Å². The molecule has 1 fully saturated rings. The van der Waals surface area contributed by atoms with Crippen LogP contribution < -0.4 is 14.5 Å². The lowest BCUT2D eigenvalue weighted by molar-refractivity contribution is -0.116. The zero-order valence-electron chi connectivity index (χ0n) is 15.5. The molecule has 1 aromatic heterocycles. The van der Waals surface area contributed by atoms with E-state index >= 15 is 0 Å². The molecule has 0 atom stereocenters. The molecule has 1 amide bonds. The van der Waals surface area contributed by atoms with Crippen molar-refractivity contribution in [1.82, 2.24) is 5.16 Å². The quantitative estimate of drug-likeness (QED) is 0.777. The van der Waals surface area contributed by atoms with Gasteiger partial charge in [0.25, 0.3) is 0 Å². The smallest absolute Gasteiger partial charge is 0.233 e. The van der Waals surface area contributed by atoms with Crippen molar-refractivity contribution in [3.05, 3.63) is 36.1 Å². The van der Waals surface area contributed by atoms with Gasteiger partial charge in [0.1, 0.15) is 5.76 Å². The maximum atomic E-state index is 12.2. The summed E-state index contributed by atoms with van der Waals surface area (Å²) in [6.07, 6.45) is 3.50. The molecule has 1 aliphatic rings. The third-order valence-corrected chi connectivity index (χ3v) is 5.61. The summed E-state index contributed by atoms with van der Waals surface area (Å²) in [5, 5.41) is 6.53. The van der Waals surface area contributed by atoms with E-state index in [0.717, 1.165) is 29.3 Å². The largest absolute Gasteiger partial charge is 0.372 e. The van der Waals surface area contributed by atoms with E-state index in [-0.39, 0.29) is 24.7 Å². The highest BCUT2D eigenvalue weighted by molar-refractivity contribution is 7.92. The monoisotopic (exact) mass is 392 g/mol. The van der Waals surface area contributed by atoms with E-state index in [4.69, 9.17) is 4.52 Å². The molecule has 9 heteroatoms. The number of anilines is 3. The minimum Gasteiger partial charge on any atom is -0.372 e. The number of hydrogen-bond donors (Lipinski definition) is 1. The van der Waals surface area contributed by atoms with E-state index < -0.39 is 10.0 Å². The summed E-state index contributed by atoms with van der Waals surface area (Å²) in [6, 6.07) is 9.22. The van der Waals surface area contributed by atoms with Crippen molar-refractivity contribution in [1.29, 1.82) is 0 Å². The minimum absolute atomic E-state index is 0.00680. The molecule has 0 saturated carbocycles. The van der Waals surface area contributed by atoms with Gasteiger partial charge in [-0.25, -0.2) is 8.42 Å². The number of nitrogens with one attached hydrogen (secondary N) is 1. The Bertz CT molecular complexity index is 886. The summed E-state index contributed by atoms with van der Waals surface area (Å²) in [5.74, 6) is 0.414. The van der Waals surface area contributed by atoms with Gasteiger partial charge in [-0.3, -0.25) is 9.10 Å². The Morgan fingerprint density at radius 3 is 2.48 bits per heavy atom. The third-order valence-electron chi connectivity index (χ3n) is 4.44. The fourth-order valence-electron chi connectivity index (χ4n) is 3.08. The van der Waals surface area contributed by atoms with Crippen LogP contribution in [0, 0.1) is 6.92 Å². The molecule has 0 aliphatic carbocycles. The van der Waals surface area contributed by atoms with E-state index in [1.54, 1.807) is 6.92 Å². The van der Waals surface area contributed by atoms with Crippen LogP contribution in [0.4, 0.5) is 17.2 Å². The predicted octanol–water partition coefficient (Wildman–Crippen LogP) is 2.38. The van der Waals surface area contributed by atoms with Crippen molar-refractivity contribution in [2.24, 2.45) is 0 Å². The van der Waals surface area contributed by atoms with Gasteiger partial charge in [-0.1, -0.05) is 5.16 Å². The van der Waals surface area contributed by atoms with Crippen LogP contribution in [0.15, 0.2) is 34.9 Å². The Morgan fingerprint density at radius 1 is 1.26 bits per heavy atom.